The largest absolute Gasteiger partial charge is 0.490 e. The van der Waals surface area contributed by atoms with Crippen LogP contribution < -0.4 is 4.90 Å². The van der Waals surface area contributed by atoms with Crippen LogP contribution in [0.3, 0.4) is 0 Å². The zero-order valence-corrected chi connectivity index (χ0v) is 12.6. The molecule has 1 aromatic heterocycles. The van der Waals surface area contributed by atoms with Crippen LogP contribution >= 0.6 is 11.3 Å². The van der Waals surface area contributed by atoms with Gasteiger partial charge >= 0.3 is 24.2 Å². The Morgan fingerprint density at radius 3 is 1.88 bits per heavy atom. The number of carboxylic acids is 1. The van der Waals surface area contributed by atoms with Crippen molar-refractivity contribution < 1.29 is 41.0 Å². The molecule has 0 radical (unpaired) electrons. The minimum absolute atomic E-state index is 0.0813. The number of rotatable bonds is 1. The van der Waals surface area contributed by atoms with Crippen molar-refractivity contribution in [3.05, 3.63) is 11.6 Å². The summed E-state index contributed by atoms with van der Waals surface area (Å²) in [5.74, 6) is -4.51. The van der Waals surface area contributed by atoms with Gasteiger partial charge in [0.25, 0.3) is 0 Å². The molecular weight excluding hydrogens is 368 g/mol. The number of piperazine rings is 1. The first-order valence-corrected chi connectivity index (χ1v) is 7.11. The second kappa shape index (κ2) is 7.68. The Balaban J connectivity index is 0.000000351. The molecular formula is C11H11F6N3O3S. The Morgan fingerprint density at radius 2 is 1.54 bits per heavy atom. The van der Waals surface area contributed by atoms with Gasteiger partial charge in [0.2, 0.25) is 0 Å². The highest BCUT2D eigenvalue weighted by Gasteiger charge is 2.43. The first-order valence-electron chi connectivity index (χ1n) is 6.23. The summed E-state index contributed by atoms with van der Waals surface area (Å²) < 4.78 is 68.3. The highest BCUT2D eigenvalue weighted by molar-refractivity contribution is 7.13. The van der Waals surface area contributed by atoms with Crippen LogP contribution in [0.4, 0.5) is 31.5 Å². The number of aromatic nitrogens is 1. The van der Waals surface area contributed by atoms with E-state index in [0.717, 1.165) is 10.0 Å². The van der Waals surface area contributed by atoms with E-state index in [0.29, 0.717) is 13.1 Å². The standard InChI is InChI=1S/C9H10F3N3OS.C2HF3O2/c10-9(11,12)7(16)14-2-4-15(5-3-14)8-13-1-6-17-8;3-2(4,5)1(6)7/h1,6H,2-5H2;(H,6,7). The highest BCUT2D eigenvalue weighted by atomic mass is 32.1. The fourth-order valence-corrected chi connectivity index (χ4v) is 2.35. The van der Waals surface area contributed by atoms with Crippen molar-refractivity contribution in [3.63, 3.8) is 0 Å². The van der Waals surface area contributed by atoms with Gasteiger partial charge in [-0.3, -0.25) is 4.79 Å². The van der Waals surface area contributed by atoms with Gasteiger partial charge < -0.3 is 14.9 Å². The zero-order chi connectivity index (χ0) is 18.5. The van der Waals surface area contributed by atoms with Gasteiger partial charge in [0.15, 0.2) is 5.13 Å². The number of halogens is 6. The van der Waals surface area contributed by atoms with Gasteiger partial charge in [0, 0.05) is 37.8 Å². The number of carboxylic acid groups (broad SMARTS) is 1. The lowest BCUT2D eigenvalue weighted by molar-refractivity contribution is -0.192. The van der Waals surface area contributed by atoms with Crippen LogP contribution in [0.5, 0.6) is 0 Å². The minimum atomic E-state index is -5.08. The van der Waals surface area contributed by atoms with Crippen molar-refractivity contribution in [3.8, 4) is 0 Å². The molecule has 1 aliphatic heterocycles. The maximum absolute atomic E-state index is 12.2. The molecule has 136 valence electrons. The van der Waals surface area contributed by atoms with Crippen molar-refractivity contribution in [2.24, 2.45) is 0 Å². The van der Waals surface area contributed by atoms with E-state index in [1.807, 2.05) is 10.3 Å². The van der Waals surface area contributed by atoms with Crippen LogP contribution in [0, 0.1) is 0 Å². The molecule has 2 rings (SSSR count). The highest BCUT2D eigenvalue weighted by Crippen LogP contribution is 2.22. The van der Waals surface area contributed by atoms with E-state index in [2.05, 4.69) is 4.98 Å². The number of nitrogens with zero attached hydrogens (tertiary/aromatic N) is 3. The molecule has 0 atom stereocenters. The third kappa shape index (κ3) is 5.86. The smallest absolute Gasteiger partial charge is 0.475 e. The summed E-state index contributed by atoms with van der Waals surface area (Å²) in [7, 11) is 0. The quantitative estimate of drug-likeness (QED) is 0.756. The fourth-order valence-electron chi connectivity index (χ4n) is 1.65. The molecule has 13 heteroatoms. The molecule has 1 fully saturated rings. The molecule has 0 spiro atoms. The number of carbonyl (C=O) groups excluding carboxylic acids is 1. The molecule has 1 N–H and O–H groups in total. The number of aliphatic carboxylic acids is 1. The molecule has 1 aromatic rings. The third-order valence-electron chi connectivity index (χ3n) is 2.74. The van der Waals surface area contributed by atoms with Gasteiger partial charge in [0.05, 0.1) is 0 Å². The first-order chi connectivity index (χ1) is 10.9. The van der Waals surface area contributed by atoms with Gasteiger partial charge in [-0.05, 0) is 0 Å². The zero-order valence-electron chi connectivity index (χ0n) is 11.8. The summed E-state index contributed by atoms with van der Waals surface area (Å²) >= 11 is 1.43. The van der Waals surface area contributed by atoms with Crippen molar-refractivity contribution in [2.75, 3.05) is 31.1 Å². The van der Waals surface area contributed by atoms with Crippen LogP contribution in [-0.2, 0) is 9.59 Å². The molecule has 24 heavy (non-hydrogen) atoms. The predicted octanol–water partition coefficient (Wildman–Crippen LogP) is 1.99. The fraction of sp³-hybridized carbons (Fsp3) is 0.545. The summed E-state index contributed by atoms with van der Waals surface area (Å²) in [6.45, 7) is 0.931. The molecule has 0 aliphatic carbocycles. The molecule has 1 aliphatic rings. The molecule has 6 nitrogen and oxygen atoms in total. The van der Waals surface area contributed by atoms with Gasteiger partial charge in [-0.2, -0.15) is 26.3 Å². The van der Waals surface area contributed by atoms with Crippen LogP contribution in [0.15, 0.2) is 11.6 Å². The van der Waals surface area contributed by atoms with Gasteiger partial charge in [-0.1, -0.05) is 0 Å². The van der Waals surface area contributed by atoms with Crippen LogP contribution in [-0.4, -0.2) is 65.4 Å². The SMILES string of the molecule is O=C(N1CCN(c2nccs2)CC1)C(F)(F)F.O=C(O)C(F)(F)F. The number of thiazole rings is 1. The predicted molar refractivity (Wildman–Crippen MR) is 70.7 cm³/mol. The molecule has 0 aromatic carbocycles. The molecule has 0 saturated carbocycles. The molecule has 0 bridgehead atoms. The van der Waals surface area contributed by atoms with E-state index < -0.39 is 24.2 Å². The molecule has 1 amide bonds. The van der Waals surface area contributed by atoms with E-state index in [9.17, 15) is 31.1 Å². The molecule has 0 unspecified atom stereocenters. The van der Waals surface area contributed by atoms with Crippen LogP contribution in [0.1, 0.15) is 0 Å². The molecule has 1 saturated heterocycles. The maximum atomic E-state index is 12.2. The maximum Gasteiger partial charge on any atom is 0.490 e. The second-order valence-corrected chi connectivity index (χ2v) is 5.27. The van der Waals surface area contributed by atoms with Crippen molar-refractivity contribution >= 4 is 28.3 Å². The Labute approximate surface area is 135 Å². The first kappa shape index (κ1) is 20.0. The van der Waals surface area contributed by atoms with Crippen molar-refractivity contribution in [1.29, 1.82) is 0 Å². The average molecular weight is 379 g/mol. The van der Waals surface area contributed by atoms with Crippen molar-refractivity contribution in [1.82, 2.24) is 9.88 Å². The van der Waals surface area contributed by atoms with E-state index in [-0.39, 0.29) is 13.1 Å². The van der Waals surface area contributed by atoms with Crippen LogP contribution in [0.2, 0.25) is 0 Å². The lowest BCUT2D eigenvalue weighted by Gasteiger charge is -2.34. The second-order valence-electron chi connectivity index (χ2n) is 4.39. The number of amides is 1. The van der Waals surface area contributed by atoms with E-state index >= 15 is 0 Å². The monoisotopic (exact) mass is 379 g/mol. The Bertz CT molecular complexity index is 552. The van der Waals surface area contributed by atoms with E-state index in [1.165, 1.54) is 11.3 Å². The minimum Gasteiger partial charge on any atom is -0.475 e. The Hall–Kier alpha value is -2.05. The summed E-state index contributed by atoms with van der Waals surface area (Å²) in [5, 5.41) is 9.71. The van der Waals surface area contributed by atoms with E-state index in [4.69, 9.17) is 9.90 Å². The van der Waals surface area contributed by atoms with Gasteiger partial charge in [-0.25, -0.2) is 9.78 Å². The van der Waals surface area contributed by atoms with Crippen molar-refractivity contribution in [2.45, 2.75) is 12.4 Å². The average Bonchev–Trinajstić information content (AvgIpc) is 2.99. The number of alkyl halides is 6. The number of hydrogen-bond acceptors (Lipinski definition) is 5. The van der Waals surface area contributed by atoms with E-state index in [1.54, 1.807) is 6.20 Å². The Kier molecular flexibility index (Phi) is 6.40. The lowest BCUT2D eigenvalue weighted by atomic mass is 10.3. The number of anilines is 1. The number of hydrogen-bond donors (Lipinski definition) is 1. The summed E-state index contributed by atoms with van der Waals surface area (Å²) in [6, 6.07) is 0. The van der Waals surface area contributed by atoms with Gasteiger partial charge in [0.1, 0.15) is 0 Å². The number of carbonyl (C=O) groups is 2. The Morgan fingerprint density at radius 1 is 1.04 bits per heavy atom. The summed E-state index contributed by atoms with van der Waals surface area (Å²) in [4.78, 5) is 26.7. The topological polar surface area (TPSA) is 73.7 Å². The summed E-state index contributed by atoms with van der Waals surface area (Å²) in [5.41, 5.74) is 0. The summed E-state index contributed by atoms with van der Waals surface area (Å²) in [6.07, 6.45) is -8.21. The normalized spacial score (nSPS) is 15.6. The van der Waals surface area contributed by atoms with Gasteiger partial charge in [-0.15, -0.1) is 11.3 Å². The molecule has 2 heterocycles. The lowest BCUT2D eigenvalue weighted by Crippen LogP contribution is -2.52. The third-order valence-corrected chi connectivity index (χ3v) is 3.57. The van der Waals surface area contributed by atoms with Crippen LogP contribution in [0.25, 0.3) is 0 Å².